The molecule has 0 saturated heterocycles. The van der Waals surface area contributed by atoms with Crippen molar-refractivity contribution in [2.45, 2.75) is 12.3 Å². The number of carbonyl (C=O) groups excluding carboxylic acids is 1. The van der Waals surface area contributed by atoms with Crippen molar-refractivity contribution in [2.75, 3.05) is 6.54 Å². The van der Waals surface area contributed by atoms with Crippen LogP contribution in [0.2, 0.25) is 0 Å². The summed E-state index contributed by atoms with van der Waals surface area (Å²) >= 11 is 1.74. The van der Waals surface area contributed by atoms with Crippen LogP contribution in [0.1, 0.15) is 17.2 Å². The molecule has 0 aromatic carbocycles. The Balaban J connectivity index is 1.66. The van der Waals surface area contributed by atoms with Crippen LogP contribution < -0.4 is 5.73 Å². The fraction of sp³-hybridized carbons (Fsp3) is 0.286. The monoisotopic (exact) mass is 289 g/mol. The van der Waals surface area contributed by atoms with Gasteiger partial charge in [0.25, 0.3) is 0 Å². The summed E-state index contributed by atoms with van der Waals surface area (Å²) < 4.78 is 0. The third kappa shape index (κ3) is 2.66. The van der Waals surface area contributed by atoms with E-state index in [1.165, 1.54) is 9.75 Å². The number of pyridine rings is 1. The molecule has 104 valence electrons. The normalized spacial score (nSPS) is 20.6. The van der Waals surface area contributed by atoms with Crippen LogP contribution in [0, 0.1) is 5.92 Å². The summed E-state index contributed by atoms with van der Waals surface area (Å²) in [5.74, 6) is 0.715. The SMILES string of the molecule is NC(=O)N(O)C[C@@H]1C[C@H]1c1ccc(-c2cccnc2)s1. The number of aromatic nitrogens is 1. The average molecular weight is 289 g/mol. The van der Waals surface area contributed by atoms with Crippen LogP contribution >= 0.6 is 11.3 Å². The number of hydroxylamine groups is 2. The minimum Gasteiger partial charge on any atom is -0.350 e. The van der Waals surface area contributed by atoms with Gasteiger partial charge in [-0.2, -0.15) is 0 Å². The number of hydrogen-bond donors (Lipinski definition) is 2. The molecule has 2 heterocycles. The predicted octanol–water partition coefficient (Wildman–Crippen LogP) is 2.68. The van der Waals surface area contributed by atoms with E-state index in [-0.39, 0.29) is 0 Å². The van der Waals surface area contributed by atoms with Crippen LogP contribution in [0.3, 0.4) is 0 Å². The maximum atomic E-state index is 10.8. The highest BCUT2D eigenvalue weighted by Gasteiger charge is 2.40. The standard InChI is InChI=1S/C14H15N3O2S/c15-14(18)17(19)8-10-6-11(10)13-4-3-12(20-13)9-2-1-5-16-7-9/h1-5,7,10-11,19H,6,8H2,(H2,15,18)/t10-,11+/m0/s1. The Kier molecular flexibility index (Phi) is 3.42. The van der Waals surface area contributed by atoms with Gasteiger partial charge in [0.05, 0.1) is 6.54 Å². The molecule has 3 rings (SSSR count). The molecule has 20 heavy (non-hydrogen) atoms. The van der Waals surface area contributed by atoms with Gasteiger partial charge in [0.15, 0.2) is 0 Å². The van der Waals surface area contributed by atoms with Crippen molar-refractivity contribution in [2.24, 2.45) is 11.7 Å². The van der Waals surface area contributed by atoms with Gasteiger partial charge in [-0.25, -0.2) is 9.86 Å². The first-order valence-electron chi connectivity index (χ1n) is 6.41. The van der Waals surface area contributed by atoms with Gasteiger partial charge < -0.3 is 5.73 Å². The van der Waals surface area contributed by atoms with E-state index < -0.39 is 6.03 Å². The largest absolute Gasteiger partial charge is 0.350 e. The minimum atomic E-state index is -0.794. The number of thiophene rings is 1. The molecule has 0 unspecified atom stereocenters. The Hall–Kier alpha value is -1.92. The molecule has 1 fully saturated rings. The molecule has 0 aliphatic heterocycles. The molecule has 6 heteroatoms. The zero-order valence-corrected chi connectivity index (χ0v) is 11.6. The molecule has 0 spiro atoms. The van der Waals surface area contributed by atoms with Crippen LogP contribution in [0.4, 0.5) is 4.79 Å². The van der Waals surface area contributed by atoms with Gasteiger partial charge in [-0.1, -0.05) is 6.07 Å². The topological polar surface area (TPSA) is 79.5 Å². The first kappa shape index (κ1) is 13.1. The van der Waals surface area contributed by atoms with Gasteiger partial charge >= 0.3 is 6.03 Å². The second-order valence-corrected chi connectivity index (χ2v) is 6.08. The van der Waals surface area contributed by atoms with Crippen molar-refractivity contribution in [1.29, 1.82) is 0 Å². The Morgan fingerprint density at radius 1 is 1.50 bits per heavy atom. The van der Waals surface area contributed by atoms with E-state index in [1.54, 1.807) is 17.5 Å². The molecule has 1 aliphatic carbocycles. The van der Waals surface area contributed by atoms with E-state index in [2.05, 4.69) is 17.1 Å². The molecule has 1 saturated carbocycles. The smallest absolute Gasteiger partial charge is 0.338 e. The lowest BCUT2D eigenvalue weighted by molar-refractivity contribution is -0.0431. The highest BCUT2D eigenvalue weighted by molar-refractivity contribution is 7.15. The minimum absolute atomic E-state index is 0.299. The maximum absolute atomic E-state index is 10.8. The number of nitrogens with zero attached hydrogens (tertiary/aromatic N) is 2. The summed E-state index contributed by atoms with van der Waals surface area (Å²) in [6.45, 7) is 0.306. The van der Waals surface area contributed by atoms with Gasteiger partial charge in [-0.05, 0) is 36.5 Å². The van der Waals surface area contributed by atoms with Crippen molar-refractivity contribution >= 4 is 17.4 Å². The Morgan fingerprint density at radius 2 is 2.35 bits per heavy atom. The number of carbonyl (C=O) groups is 1. The van der Waals surface area contributed by atoms with Gasteiger partial charge in [0.2, 0.25) is 0 Å². The number of rotatable bonds is 4. The van der Waals surface area contributed by atoms with E-state index in [4.69, 9.17) is 5.73 Å². The fourth-order valence-electron chi connectivity index (χ4n) is 2.33. The first-order chi connectivity index (χ1) is 9.65. The second kappa shape index (κ2) is 5.22. The van der Waals surface area contributed by atoms with Crippen molar-refractivity contribution in [3.63, 3.8) is 0 Å². The van der Waals surface area contributed by atoms with Crippen LogP contribution in [0.15, 0.2) is 36.7 Å². The van der Waals surface area contributed by atoms with Crippen LogP contribution in [-0.2, 0) is 0 Å². The van der Waals surface area contributed by atoms with E-state index in [1.807, 2.05) is 18.3 Å². The molecular formula is C14H15N3O2S. The highest BCUT2D eigenvalue weighted by atomic mass is 32.1. The van der Waals surface area contributed by atoms with Crippen molar-refractivity contribution in [3.05, 3.63) is 41.5 Å². The fourth-order valence-corrected chi connectivity index (χ4v) is 3.53. The Bertz CT molecular complexity index is 614. The Labute approximate surface area is 120 Å². The lowest BCUT2D eigenvalue weighted by Gasteiger charge is -2.10. The predicted molar refractivity (Wildman–Crippen MR) is 76.5 cm³/mol. The molecule has 3 N–H and O–H groups in total. The second-order valence-electron chi connectivity index (χ2n) is 4.97. The van der Waals surface area contributed by atoms with E-state index in [0.29, 0.717) is 23.4 Å². The van der Waals surface area contributed by atoms with E-state index in [0.717, 1.165) is 12.0 Å². The van der Waals surface area contributed by atoms with Gasteiger partial charge in [0, 0.05) is 27.7 Å². The summed E-state index contributed by atoms with van der Waals surface area (Å²) in [5.41, 5.74) is 6.12. The molecule has 2 aromatic rings. The van der Waals surface area contributed by atoms with Crippen molar-refractivity contribution in [3.8, 4) is 10.4 Å². The van der Waals surface area contributed by atoms with Crippen LogP contribution in [0.5, 0.6) is 0 Å². The number of primary amides is 1. The quantitative estimate of drug-likeness (QED) is 0.671. The summed E-state index contributed by atoms with van der Waals surface area (Å²) in [7, 11) is 0. The van der Waals surface area contributed by atoms with E-state index in [9.17, 15) is 10.0 Å². The van der Waals surface area contributed by atoms with Gasteiger partial charge in [0.1, 0.15) is 0 Å². The van der Waals surface area contributed by atoms with Crippen LogP contribution in [0.25, 0.3) is 10.4 Å². The average Bonchev–Trinajstić information content (AvgIpc) is 3.03. The molecule has 0 bridgehead atoms. The third-order valence-corrected chi connectivity index (χ3v) is 4.79. The zero-order valence-electron chi connectivity index (χ0n) is 10.8. The Morgan fingerprint density at radius 3 is 3.05 bits per heavy atom. The molecule has 2 amide bonds. The number of amides is 2. The number of urea groups is 1. The summed E-state index contributed by atoms with van der Waals surface area (Å²) in [5, 5.41) is 9.94. The number of nitrogens with two attached hydrogens (primary N) is 1. The van der Waals surface area contributed by atoms with Gasteiger partial charge in [-0.3, -0.25) is 10.2 Å². The summed E-state index contributed by atoms with van der Waals surface area (Å²) in [4.78, 5) is 17.4. The molecule has 2 atom stereocenters. The van der Waals surface area contributed by atoms with Crippen molar-refractivity contribution in [1.82, 2.24) is 10.0 Å². The molecule has 5 nitrogen and oxygen atoms in total. The van der Waals surface area contributed by atoms with Gasteiger partial charge in [-0.15, -0.1) is 11.3 Å². The summed E-state index contributed by atoms with van der Waals surface area (Å²) in [6.07, 6.45) is 4.59. The maximum Gasteiger partial charge on any atom is 0.338 e. The number of hydrogen-bond acceptors (Lipinski definition) is 4. The summed E-state index contributed by atoms with van der Waals surface area (Å²) in [6, 6.07) is 7.37. The molecular weight excluding hydrogens is 274 g/mol. The lowest BCUT2D eigenvalue weighted by Crippen LogP contribution is -2.34. The lowest BCUT2D eigenvalue weighted by atomic mass is 10.2. The molecule has 1 aliphatic rings. The van der Waals surface area contributed by atoms with Crippen LogP contribution in [-0.4, -0.2) is 27.8 Å². The van der Waals surface area contributed by atoms with E-state index >= 15 is 0 Å². The highest BCUT2D eigenvalue weighted by Crippen LogP contribution is 2.50. The zero-order chi connectivity index (χ0) is 14.1. The molecule has 2 aromatic heterocycles. The third-order valence-electron chi connectivity index (χ3n) is 3.52. The first-order valence-corrected chi connectivity index (χ1v) is 7.23. The van der Waals surface area contributed by atoms with Crippen molar-refractivity contribution < 1.29 is 10.0 Å². The molecule has 0 radical (unpaired) electrons.